The normalized spacial score (nSPS) is 21.3. The number of halogens is 4. The molecule has 1 fully saturated rings. The Hall–Kier alpha value is -1.05. The van der Waals surface area contributed by atoms with Crippen LogP contribution in [0, 0.1) is 0 Å². The van der Waals surface area contributed by atoms with Gasteiger partial charge in [-0.1, -0.05) is 11.8 Å². The van der Waals surface area contributed by atoms with Crippen LogP contribution < -0.4 is 0 Å². The Kier molecular flexibility index (Phi) is 5.39. The fourth-order valence-electron chi connectivity index (χ4n) is 1.60. The Bertz CT molecular complexity index is 403. The molecule has 0 aromatic carbocycles. The maximum atomic E-state index is 13.6. The van der Waals surface area contributed by atoms with E-state index in [1.807, 2.05) is 0 Å². The molecule has 19 heavy (non-hydrogen) atoms. The second-order valence-corrected chi connectivity index (χ2v) is 5.00. The van der Waals surface area contributed by atoms with Crippen LogP contribution in [0.3, 0.4) is 0 Å². The number of Topliss-reactive ketones (excluding diaryl/α,β-unsaturated/α-hetero) is 1. The quantitative estimate of drug-likeness (QED) is 0.454. The molecule has 0 spiro atoms. The molecule has 0 radical (unpaired) electrons. The lowest BCUT2D eigenvalue weighted by atomic mass is 10.3. The van der Waals surface area contributed by atoms with Gasteiger partial charge in [-0.15, -0.1) is 0 Å². The third-order valence-corrected chi connectivity index (χ3v) is 3.65. The van der Waals surface area contributed by atoms with Crippen molar-refractivity contribution in [3.8, 4) is 0 Å². The van der Waals surface area contributed by atoms with Gasteiger partial charge < -0.3 is 4.74 Å². The number of alkyl halides is 3. The number of thioether (sulfide) groups is 1. The van der Waals surface area contributed by atoms with E-state index in [4.69, 9.17) is 0 Å². The average Bonchev–Trinajstić information content (AvgIpc) is 2.62. The summed E-state index contributed by atoms with van der Waals surface area (Å²) in [5.41, 5.74) is -1.97. The molecule has 0 bridgehead atoms. The minimum Gasteiger partial charge on any atom is -0.462 e. The Balaban J connectivity index is 2.96. The van der Waals surface area contributed by atoms with E-state index in [1.165, 1.54) is 6.92 Å². The molecule has 1 saturated carbocycles. The van der Waals surface area contributed by atoms with Gasteiger partial charge in [0, 0.05) is 6.42 Å². The average molecular weight is 300 g/mol. The van der Waals surface area contributed by atoms with Crippen molar-refractivity contribution in [2.75, 3.05) is 6.61 Å². The first-order valence-corrected chi connectivity index (χ1v) is 6.48. The fourth-order valence-corrected chi connectivity index (χ4v) is 2.70. The molecule has 3 nitrogen and oxygen atoms in total. The van der Waals surface area contributed by atoms with E-state index in [0.717, 1.165) is 0 Å². The molecule has 0 aromatic heterocycles. The van der Waals surface area contributed by atoms with Gasteiger partial charge >= 0.3 is 12.1 Å². The Morgan fingerprint density at radius 1 is 1.47 bits per heavy atom. The number of ether oxygens (including phenoxy) is 1. The van der Waals surface area contributed by atoms with Crippen molar-refractivity contribution in [2.24, 2.45) is 0 Å². The topological polar surface area (TPSA) is 43.4 Å². The van der Waals surface area contributed by atoms with Crippen LogP contribution in [0.4, 0.5) is 17.6 Å². The first-order chi connectivity index (χ1) is 8.77. The highest BCUT2D eigenvalue weighted by molar-refractivity contribution is 8.04. The molecule has 1 aliphatic rings. The molecular weight excluding hydrogens is 288 g/mol. The van der Waals surface area contributed by atoms with Gasteiger partial charge in [0.25, 0.3) is 0 Å². The maximum absolute atomic E-state index is 13.6. The third-order valence-electron chi connectivity index (χ3n) is 2.45. The van der Waals surface area contributed by atoms with Crippen LogP contribution in [0.2, 0.25) is 0 Å². The van der Waals surface area contributed by atoms with Gasteiger partial charge in [-0.25, -0.2) is 4.79 Å². The summed E-state index contributed by atoms with van der Waals surface area (Å²) in [5.74, 6) is -2.06. The molecule has 1 atom stereocenters. The lowest BCUT2D eigenvalue weighted by molar-refractivity contribution is -0.150. The molecule has 1 rings (SSSR count). The predicted molar refractivity (Wildman–Crippen MR) is 61.1 cm³/mol. The fraction of sp³-hybridized carbons (Fsp3) is 0.636. The second-order valence-electron chi connectivity index (χ2n) is 3.83. The SMILES string of the molecule is CCOC(=O)C(=C(F)SC1CCCC1=O)C(F)(F)F. The highest BCUT2D eigenvalue weighted by atomic mass is 32.2. The van der Waals surface area contributed by atoms with E-state index in [9.17, 15) is 27.2 Å². The molecular formula is C11H12F4O3S. The number of carbonyl (C=O) groups is 2. The van der Waals surface area contributed by atoms with Gasteiger partial charge in [-0.2, -0.15) is 17.6 Å². The summed E-state index contributed by atoms with van der Waals surface area (Å²) in [5, 5.41) is -2.56. The predicted octanol–water partition coefficient (Wildman–Crippen LogP) is 3.15. The smallest absolute Gasteiger partial charge is 0.426 e. The molecule has 1 aliphatic carbocycles. The molecule has 0 aliphatic heterocycles. The number of esters is 1. The van der Waals surface area contributed by atoms with Crippen molar-refractivity contribution in [3.05, 3.63) is 10.7 Å². The summed E-state index contributed by atoms with van der Waals surface area (Å²) in [7, 11) is 0. The largest absolute Gasteiger partial charge is 0.462 e. The Morgan fingerprint density at radius 3 is 2.53 bits per heavy atom. The van der Waals surface area contributed by atoms with Crippen molar-refractivity contribution in [1.29, 1.82) is 0 Å². The van der Waals surface area contributed by atoms with Crippen LogP contribution in [0.1, 0.15) is 26.2 Å². The van der Waals surface area contributed by atoms with Gasteiger partial charge in [0.1, 0.15) is 5.78 Å². The summed E-state index contributed by atoms with van der Waals surface area (Å²) >= 11 is 0.147. The van der Waals surface area contributed by atoms with Gasteiger partial charge in [-0.05, 0) is 19.8 Å². The summed E-state index contributed by atoms with van der Waals surface area (Å²) in [4.78, 5) is 22.4. The van der Waals surface area contributed by atoms with E-state index in [-0.39, 0.29) is 30.6 Å². The Morgan fingerprint density at radius 2 is 2.11 bits per heavy atom. The summed E-state index contributed by atoms with van der Waals surface area (Å²) in [6, 6.07) is 0. The van der Waals surface area contributed by atoms with Gasteiger partial charge in [0.05, 0.1) is 11.9 Å². The van der Waals surface area contributed by atoms with Crippen molar-refractivity contribution < 1.29 is 31.9 Å². The number of ketones is 1. The number of hydrogen-bond acceptors (Lipinski definition) is 4. The molecule has 0 heterocycles. The van der Waals surface area contributed by atoms with Crippen LogP contribution in [0.15, 0.2) is 10.7 Å². The maximum Gasteiger partial charge on any atom is 0.426 e. The lowest BCUT2D eigenvalue weighted by Crippen LogP contribution is -2.24. The van der Waals surface area contributed by atoms with Gasteiger partial charge in [0.15, 0.2) is 10.7 Å². The van der Waals surface area contributed by atoms with Crippen LogP contribution in [0.25, 0.3) is 0 Å². The van der Waals surface area contributed by atoms with Crippen LogP contribution in [-0.4, -0.2) is 29.8 Å². The molecule has 8 heteroatoms. The highest BCUT2D eigenvalue weighted by Gasteiger charge is 2.44. The molecule has 0 N–H and O–H groups in total. The number of rotatable bonds is 4. The van der Waals surface area contributed by atoms with Crippen molar-refractivity contribution in [3.63, 3.8) is 0 Å². The van der Waals surface area contributed by atoms with Crippen LogP contribution in [-0.2, 0) is 14.3 Å². The zero-order valence-corrected chi connectivity index (χ0v) is 10.9. The monoisotopic (exact) mass is 300 g/mol. The van der Waals surface area contributed by atoms with Crippen molar-refractivity contribution >= 4 is 23.5 Å². The molecule has 0 amide bonds. The van der Waals surface area contributed by atoms with E-state index in [0.29, 0.717) is 12.8 Å². The molecule has 0 saturated heterocycles. The number of hydrogen-bond donors (Lipinski definition) is 0. The highest BCUT2D eigenvalue weighted by Crippen LogP contribution is 2.39. The number of carbonyl (C=O) groups excluding carboxylic acids is 2. The lowest BCUT2D eigenvalue weighted by Gasteiger charge is -2.13. The minimum absolute atomic E-state index is 0.147. The first kappa shape index (κ1) is 16.0. The Labute approximate surface area is 111 Å². The first-order valence-electron chi connectivity index (χ1n) is 5.60. The summed E-state index contributed by atoms with van der Waals surface area (Å²) in [6.07, 6.45) is -4.09. The zero-order chi connectivity index (χ0) is 14.6. The zero-order valence-electron chi connectivity index (χ0n) is 10.1. The van der Waals surface area contributed by atoms with Crippen LogP contribution >= 0.6 is 11.8 Å². The van der Waals surface area contributed by atoms with E-state index >= 15 is 0 Å². The van der Waals surface area contributed by atoms with Gasteiger partial charge in [0.2, 0.25) is 0 Å². The summed E-state index contributed by atoms with van der Waals surface area (Å²) in [6.45, 7) is 1.02. The van der Waals surface area contributed by atoms with Gasteiger partial charge in [-0.3, -0.25) is 4.79 Å². The van der Waals surface area contributed by atoms with E-state index < -0.39 is 28.1 Å². The molecule has 0 aromatic rings. The van der Waals surface area contributed by atoms with Crippen molar-refractivity contribution in [2.45, 2.75) is 37.6 Å². The molecule has 1 unspecified atom stereocenters. The van der Waals surface area contributed by atoms with Crippen LogP contribution in [0.5, 0.6) is 0 Å². The van der Waals surface area contributed by atoms with Crippen molar-refractivity contribution in [1.82, 2.24) is 0 Å². The second kappa shape index (κ2) is 6.40. The van der Waals surface area contributed by atoms with E-state index in [2.05, 4.69) is 4.74 Å². The standard InChI is InChI=1S/C11H12F4O3S/c1-2-18-10(17)8(11(13,14)15)9(12)19-7-5-3-4-6(7)16/h7H,2-5H2,1H3. The van der Waals surface area contributed by atoms with E-state index in [1.54, 1.807) is 0 Å². The third kappa shape index (κ3) is 4.22. The molecule has 108 valence electrons. The minimum atomic E-state index is -5.15. The summed E-state index contributed by atoms with van der Waals surface area (Å²) < 4.78 is 55.7.